The number of primary amides is 2. The molecule has 2 unspecified atom stereocenters. The Hall–Kier alpha value is -9.04. The van der Waals surface area contributed by atoms with Gasteiger partial charge in [0.1, 0.15) is 34.9 Å². The van der Waals surface area contributed by atoms with Crippen molar-refractivity contribution < 1.29 is 82.1 Å². The van der Waals surface area contributed by atoms with E-state index in [1.54, 1.807) is 24.3 Å². The lowest BCUT2D eigenvalue weighted by Crippen LogP contribution is -2.23. The van der Waals surface area contributed by atoms with Crippen LogP contribution in [0.3, 0.4) is 0 Å². The molecular weight excluding hydrogens is 1180 g/mol. The highest BCUT2D eigenvalue weighted by molar-refractivity contribution is 5.95. The fourth-order valence-electron chi connectivity index (χ4n) is 11.4. The number of nitrogens with two attached hydrogens (primary N) is 2. The molecule has 10 rings (SSSR count). The second kappa shape index (κ2) is 26.1. The number of nitrogens with zero attached hydrogens (tertiary/aromatic N) is 6. The van der Waals surface area contributed by atoms with Crippen LogP contribution in [0.1, 0.15) is 115 Å². The van der Waals surface area contributed by atoms with E-state index in [9.17, 15) is 82.1 Å². The summed E-state index contributed by atoms with van der Waals surface area (Å²) in [5.74, 6) is -9.87. The highest BCUT2D eigenvalue weighted by Gasteiger charge is 2.42. The SMILES string of the molecule is NC(=O)c1cc(-c2cccnc2[C@@H](CC(=O)Cn2nc(C(F)(F)F)c3c2CCC(O)C3)Cc2cc(F)cc(F)c2)ccc1F.NC(=O)c1cc(-c2cccnc2[C@@H](CC(=O)Cn2nc(C(F)(F)F)c3c2CCC(O)C3)Cc2cc(F)cc(F)c2)ccc1F. The fourth-order valence-corrected chi connectivity index (χ4v) is 11.4. The van der Waals surface area contributed by atoms with E-state index in [0.717, 1.165) is 45.8 Å². The summed E-state index contributed by atoms with van der Waals surface area (Å²) >= 11 is 0. The molecule has 4 atom stereocenters. The number of fused-ring (bicyclic) bond motifs is 2. The van der Waals surface area contributed by atoms with Crippen LogP contribution in [0.4, 0.5) is 52.7 Å². The van der Waals surface area contributed by atoms with Crippen molar-refractivity contribution in [3.8, 4) is 22.3 Å². The lowest BCUT2D eigenvalue weighted by molar-refractivity contribution is -0.143. The van der Waals surface area contributed by atoms with Crippen molar-refractivity contribution in [1.29, 1.82) is 0 Å². The zero-order valence-corrected chi connectivity index (χ0v) is 46.1. The number of ketones is 2. The molecule has 26 heteroatoms. The Kier molecular flexibility index (Phi) is 18.8. The maximum Gasteiger partial charge on any atom is 0.435 e. The van der Waals surface area contributed by atoms with Crippen molar-refractivity contribution in [3.63, 3.8) is 0 Å². The number of carbonyl (C=O) groups is 4. The second-order valence-corrected chi connectivity index (χ2v) is 21.5. The summed E-state index contributed by atoms with van der Waals surface area (Å²) in [6, 6.07) is 19.4. The molecule has 460 valence electrons. The lowest BCUT2D eigenvalue weighted by atomic mass is 9.86. The Morgan fingerprint density at radius 1 is 0.534 bits per heavy atom. The maximum absolute atomic E-state index is 14.2. The van der Waals surface area contributed by atoms with Gasteiger partial charge in [-0.2, -0.15) is 36.5 Å². The molecule has 0 aliphatic heterocycles. The molecule has 2 aliphatic rings. The summed E-state index contributed by atoms with van der Waals surface area (Å²) in [5.41, 5.74) is 10.0. The number of benzene rings is 4. The van der Waals surface area contributed by atoms with Crippen LogP contribution in [0.5, 0.6) is 0 Å². The normalized spacial score (nSPS) is 15.6. The van der Waals surface area contributed by atoms with Gasteiger partial charge < -0.3 is 21.7 Å². The van der Waals surface area contributed by atoms with Crippen molar-refractivity contribution in [1.82, 2.24) is 29.5 Å². The molecule has 0 fully saturated rings. The molecule has 0 spiro atoms. The first-order valence-electron chi connectivity index (χ1n) is 27.3. The molecule has 88 heavy (non-hydrogen) atoms. The number of hydrogen-bond donors (Lipinski definition) is 4. The van der Waals surface area contributed by atoms with Crippen LogP contribution in [0.25, 0.3) is 22.3 Å². The third-order valence-electron chi connectivity index (χ3n) is 15.1. The van der Waals surface area contributed by atoms with Gasteiger partial charge in [-0.1, -0.05) is 24.3 Å². The molecule has 0 saturated carbocycles. The first-order chi connectivity index (χ1) is 41.6. The predicted molar refractivity (Wildman–Crippen MR) is 292 cm³/mol. The number of pyridine rings is 2. The summed E-state index contributed by atoms with van der Waals surface area (Å²) in [6.45, 7) is -1.04. The van der Waals surface area contributed by atoms with Crippen LogP contribution in [-0.2, 0) is 73.6 Å². The number of rotatable bonds is 18. The highest BCUT2D eigenvalue weighted by atomic mass is 19.4. The topological polar surface area (TPSA) is 222 Å². The Morgan fingerprint density at radius 2 is 0.898 bits per heavy atom. The minimum absolute atomic E-state index is 0.0918. The zero-order chi connectivity index (χ0) is 63.5. The molecule has 14 nitrogen and oxygen atoms in total. The third-order valence-corrected chi connectivity index (χ3v) is 15.1. The van der Waals surface area contributed by atoms with Crippen LogP contribution in [0, 0.1) is 34.9 Å². The van der Waals surface area contributed by atoms with Gasteiger partial charge in [0, 0.05) is 95.7 Å². The number of hydrogen-bond acceptors (Lipinski definition) is 10. The maximum atomic E-state index is 14.2. The van der Waals surface area contributed by atoms with Gasteiger partial charge in [0.25, 0.3) is 11.8 Å². The minimum Gasteiger partial charge on any atom is -0.393 e. The minimum atomic E-state index is -4.79. The Balaban J connectivity index is 0.000000209. The van der Waals surface area contributed by atoms with Gasteiger partial charge >= 0.3 is 12.4 Å². The van der Waals surface area contributed by atoms with E-state index in [4.69, 9.17) is 11.5 Å². The summed E-state index contributed by atoms with van der Waals surface area (Å²) < 4.78 is 169. The molecule has 8 aromatic rings. The average molecular weight is 1230 g/mol. The first kappa shape index (κ1) is 63.5. The van der Waals surface area contributed by atoms with Gasteiger partial charge in [-0.25, -0.2) is 26.3 Å². The monoisotopic (exact) mass is 1230 g/mol. The number of halogens is 12. The van der Waals surface area contributed by atoms with Gasteiger partial charge in [0.2, 0.25) is 0 Å². The zero-order valence-electron chi connectivity index (χ0n) is 46.1. The second-order valence-electron chi connectivity index (χ2n) is 21.5. The fraction of sp³-hybridized carbons (Fsp3) is 0.290. The Morgan fingerprint density at radius 3 is 1.24 bits per heavy atom. The molecule has 6 N–H and O–H groups in total. The first-order valence-corrected chi connectivity index (χ1v) is 27.3. The third kappa shape index (κ3) is 14.8. The van der Waals surface area contributed by atoms with E-state index in [-0.39, 0.29) is 120 Å². The van der Waals surface area contributed by atoms with Gasteiger partial charge in [-0.15, -0.1) is 0 Å². The van der Waals surface area contributed by atoms with Gasteiger partial charge in [-0.3, -0.25) is 38.5 Å². The Labute approximate surface area is 492 Å². The number of aliphatic hydroxyl groups is 2. The molecule has 4 heterocycles. The van der Waals surface area contributed by atoms with Crippen molar-refractivity contribution >= 4 is 23.4 Å². The van der Waals surface area contributed by atoms with Crippen LogP contribution in [0.15, 0.2) is 109 Å². The van der Waals surface area contributed by atoms with Gasteiger partial charge in [-0.05, 0) is 121 Å². The molecule has 0 radical (unpaired) electrons. The van der Waals surface area contributed by atoms with Crippen LogP contribution >= 0.6 is 0 Å². The molecule has 0 bridgehead atoms. The number of carbonyl (C=O) groups excluding carboxylic acids is 4. The molecular formula is C62H52F12N8O6. The lowest BCUT2D eigenvalue weighted by Gasteiger charge is -2.21. The number of aromatic nitrogens is 6. The van der Waals surface area contributed by atoms with Crippen molar-refractivity contribution in [2.24, 2.45) is 11.5 Å². The van der Waals surface area contributed by atoms with Gasteiger partial charge in [0.15, 0.2) is 23.0 Å². The largest absolute Gasteiger partial charge is 0.435 e. The van der Waals surface area contributed by atoms with Gasteiger partial charge in [0.05, 0.1) is 47.8 Å². The van der Waals surface area contributed by atoms with Crippen LogP contribution in [0.2, 0.25) is 0 Å². The van der Waals surface area contributed by atoms with Crippen LogP contribution < -0.4 is 11.5 Å². The number of Topliss-reactive ketones (excluding diaryl/α,β-unsaturated/α-hetero) is 2. The average Bonchev–Trinajstić information content (AvgIpc) is 1.68. The van der Waals surface area contributed by atoms with E-state index >= 15 is 0 Å². The van der Waals surface area contributed by atoms with E-state index in [0.29, 0.717) is 34.4 Å². The molecule has 2 aliphatic carbocycles. The van der Waals surface area contributed by atoms with Crippen LogP contribution in [-0.4, -0.2) is 75.3 Å². The summed E-state index contributed by atoms with van der Waals surface area (Å²) in [5, 5.41) is 27.3. The van der Waals surface area contributed by atoms with Crippen molar-refractivity contribution in [3.05, 3.63) is 212 Å². The quantitative estimate of drug-likeness (QED) is 0.0595. The number of alkyl halides is 6. The van der Waals surface area contributed by atoms with E-state index in [1.165, 1.54) is 36.7 Å². The number of amides is 2. The smallest absolute Gasteiger partial charge is 0.393 e. The Bertz CT molecular complexity index is 3680. The summed E-state index contributed by atoms with van der Waals surface area (Å²) in [4.78, 5) is 59.4. The van der Waals surface area contributed by atoms with E-state index < -0.39 is 119 Å². The molecule has 4 aromatic carbocycles. The number of aliphatic hydroxyl groups excluding tert-OH is 2. The van der Waals surface area contributed by atoms with Crippen molar-refractivity contribution in [2.45, 2.75) is 114 Å². The highest BCUT2D eigenvalue weighted by Crippen LogP contribution is 2.40. The predicted octanol–water partition coefficient (Wildman–Crippen LogP) is 10.6. The summed E-state index contributed by atoms with van der Waals surface area (Å²) in [7, 11) is 0. The summed E-state index contributed by atoms with van der Waals surface area (Å²) in [6.07, 6.45) is -9.35. The van der Waals surface area contributed by atoms with E-state index in [2.05, 4.69) is 20.2 Å². The molecule has 2 amide bonds. The van der Waals surface area contributed by atoms with Crippen molar-refractivity contribution in [2.75, 3.05) is 0 Å². The standard InChI is InChI=1S/2C31H26F6N4O3/c2*32-19-9-16(10-20(33)13-19)8-18(28-23(2-1-7-39-28)17-3-5-26(34)24(12-17)30(38)44)11-22(43)15-41-27-6-4-21(42)14-25(27)29(40-41)31(35,36)37/h2*1-3,5,7,9-10,12-13,18,21,42H,4,6,8,11,14-15H2,(H2,38,44)/t2*18-,21?/m11/s1. The van der Waals surface area contributed by atoms with E-state index in [1.807, 2.05) is 0 Å². The molecule has 4 aromatic heterocycles. The molecule has 0 saturated heterocycles.